The van der Waals surface area contributed by atoms with Crippen LogP contribution in [0, 0.1) is 0 Å². The van der Waals surface area contributed by atoms with Gasteiger partial charge in [-0.3, -0.25) is 0 Å². The number of urea groups is 1. The number of carbonyl (C=O) groups is 1. The molecule has 32 heavy (non-hydrogen) atoms. The van der Waals surface area contributed by atoms with E-state index in [9.17, 15) is 13.2 Å². The van der Waals surface area contributed by atoms with Crippen LogP contribution in [0.25, 0.3) is 0 Å². The predicted molar refractivity (Wildman–Crippen MR) is 121 cm³/mol. The van der Waals surface area contributed by atoms with Crippen molar-refractivity contribution in [1.29, 1.82) is 0 Å². The lowest BCUT2D eigenvalue weighted by Crippen LogP contribution is -2.53. The summed E-state index contributed by atoms with van der Waals surface area (Å²) in [6.45, 7) is 1.77. The Labute approximate surface area is 189 Å². The molecular weight excluding hydrogens is 430 g/mol. The quantitative estimate of drug-likeness (QED) is 0.687. The van der Waals surface area contributed by atoms with Gasteiger partial charge in [0.1, 0.15) is 0 Å². The number of hydrogen-bond donors (Lipinski definition) is 1. The van der Waals surface area contributed by atoms with Crippen LogP contribution in [0.4, 0.5) is 4.79 Å². The second-order valence-corrected chi connectivity index (χ2v) is 10.2. The smallest absolute Gasteiger partial charge is 0.317 e. The van der Waals surface area contributed by atoms with Crippen molar-refractivity contribution in [1.82, 2.24) is 14.5 Å². The van der Waals surface area contributed by atoms with E-state index < -0.39 is 10.0 Å². The first kappa shape index (κ1) is 22.4. The molecule has 0 unspecified atom stereocenters. The molecule has 1 aliphatic heterocycles. The molecule has 0 spiro atoms. The van der Waals surface area contributed by atoms with Gasteiger partial charge in [-0.15, -0.1) is 0 Å². The SMILES string of the molecule is COc1ccc(S(=O)(=O)N2CCN(C(=O)NCC3(c4ccccc4)CC3)CC2)cc1OC. The molecule has 1 N–H and O–H groups in total. The average molecular weight is 460 g/mol. The van der Waals surface area contributed by atoms with Crippen molar-refractivity contribution in [3.05, 3.63) is 54.1 Å². The lowest BCUT2D eigenvalue weighted by atomic mass is 9.96. The van der Waals surface area contributed by atoms with Gasteiger partial charge < -0.3 is 19.7 Å². The Morgan fingerprint density at radius 1 is 0.969 bits per heavy atom. The van der Waals surface area contributed by atoms with E-state index >= 15 is 0 Å². The van der Waals surface area contributed by atoms with E-state index in [1.165, 1.54) is 36.2 Å². The standard InChI is InChI=1S/C23H29N3O5S/c1-30-20-9-8-19(16-21(20)31-2)32(28,29)26-14-12-25(13-15-26)22(27)24-17-23(10-11-23)18-6-4-3-5-7-18/h3-9,16H,10-15,17H2,1-2H3,(H,24,27). The molecule has 2 aromatic rings. The summed E-state index contributed by atoms with van der Waals surface area (Å²) < 4.78 is 38.0. The molecule has 1 heterocycles. The van der Waals surface area contributed by atoms with E-state index in [2.05, 4.69) is 17.4 Å². The first-order valence-corrected chi connectivity index (χ1v) is 12.1. The average Bonchev–Trinajstić information content (AvgIpc) is 3.64. The molecule has 1 aliphatic carbocycles. The van der Waals surface area contributed by atoms with Crippen molar-refractivity contribution in [3.8, 4) is 11.5 Å². The van der Waals surface area contributed by atoms with Gasteiger partial charge in [0.15, 0.2) is 11.5 Å². The topological polar surface area (TPSA) is 88.2 Å². The lowest BCUT2D eigenvalue weighted by molar-refractivity contribution is 0.171. The van der Waals surface area contributed by atoms with Crippen molar-refractivity contribution in [3.63, 3.8) is 0 Å². The lowest BCUT2D eigenvalue weighted by Gasteiger charge is -2.34. The maximum Gasteiger partial charge on any atom is 0.317 e. The summed E-state index contributed by atoms with van der Waals surface area (Å²) in [4.78, 5) is 14.5. The molecule has 0 atom stereocenters. The summed E-state index contributed by atoms with van der Waals surface area (Å²) in [6, 6.07) is 14.7. The van der Waals surface area contributed by atoms with Gasteiger partial charge in [-0.05, 0) is 30.5 Å². The Hall–Kier alpha value is -2.78. The van der Waals surface area contributed by atoms with E-state index in [4.69, 9.17) is 9.47 Å². The number of hydrogen-bond acceptors (Lipinski definition) is 5. The van der Waals surface area contributed by atoms with Crippen LogP contribution in [0.5, 0.6) is 11.5 Å². The predicted octanol–water partition coefficient (Wildman–Crippen LogP) is 2.45. The largest absolute Gasteiger partial charge is 0.493 e. The third-order valence-electron chi connectivity index (χ3n) is 6.34. The number of methoxy groups -OCH3 is 2. The van der Waals surface area contributed by atoms with E-state index in [1.54, 1.807) is 11.0 Å². The molecule has 2 amide bonds. The summed E-state index contributed by atoms with van der Waals surface area (Å²) >= 11 is 0. The third-order valence-corrected chi connectivity index (χ3v) is 8.23. The van der Waals surface area contributed by atoms with Gasteiger partial charge in [0.2, 0.25) is 10.0 Å². The molecule has 2 aliphatic rings. The fourth-order valence-corrected chi connectivity index (χ4v) is 5.56. The number of carbonyl (C=O) groups excluding carboxylic acids is 1. The monoisotopic (exact) mass is 459 g/mol. The molecule has 0 radical (unpaired) electrons. The Morgan fingerprint density at radius 3 is 2.22 bits per heavy atom. The van der Waals surface area contributed by atoms with Crippen LogP contribution in [-0.2, 0) is 15.4 Å². The molecule has 8 nitrogen and oxygen atoms in total. The maximum atomic E-state index is 13.1. The van der Waals surface area contributed by atoms with Crippen LogP contribution >= 0.6 is 0 Å². The Bertz CT molecular complexity index is 1060. The van der Waals surface area contributed by atoms with Crippen molar-refractivity contribution in [2.24, 2.45) is 0 Å². The number of piperazine rings is 1. The fraction of sp³-hybridized carbons (Fsp3) is 0.435. The molecule has 0 aromatic heterocycles. The number of benzene rings is 2. The molecule has 1 saturated carbocycles. The zero-order valence-corrected chi connectivity index (χ0v) is 19.2. The van der Waals surface area contributed by atoms with Crippen molar-refractivity contribution < 1.29 is 22.7 Å². The van der Waals surface area contributed by atoms with Crippen LogP contribution in [0.15, 0.2) is 53.4 Å². The molecule has 2 fully saturated rings. The van der Waals surface area contributed by atoms with Crippen LogP contribution in [0.2, 0.25) is 0 Å². The highest BCUT2D eigenvalue weighted by Gasteiger charge is 2.44. The number of rotatable bonds is 7. The van der Waals surface area contributed by atoms with Gasteiger partial charge in [0, 0.05) is 44.2 Å². The van der Waals surface area contributed by atoms with Crippen LogP contribution in [0.1, 0.15) is 18.4 Å². The Morgan fingerprint density at radius 2 is 1.62 bits per heavy atom. The molecular formula is C23H29N3O5S. The fourth-order valence-electron chi connectivity index (χ4n) is 4.12. The zero-order valence-electron chi connectivity index (χ0n) is 18.4. The first-order valence-electron chi connectivity index (χ1n) is 10.7. The number of amides is 2. The summed E-state index contributed by atoms with van der Waals surface area (Å²) in [5.41, 5.74) is 1.29. The van der Waals surface area contributed by atoms with Crippen molar-refractivity contribution in [2.45, 2.75) is 23.2 Å². The number of ether oxygens (including phenoxy) is 2. The van der Waals surface area contributed by atoms with Crippen LogP contribution < -0.4 is 14.8 Å². The Kier molecular flexibility index (Phi) is 6.30. The highest BCUT2D eigenvalue weighted by Crippen LogP contribution is 2.47. The molecule has 172 valence electrons. The minimum atomic E-state index is -3.69. The van der Waals surface area contributed by atoms with Gasteiger partial charge in [0.25, 0.3) is 0 Å². The molecule has 4 rings (SSSR count). The molecule has 1 saturated heterocycles. The van der Waals surface area contributed by atoms with E-state index in [0.717, 1.165) is 12.8 Å². The van der Waals surface area contributed by atoms with E-state index in [1.807, 2.05) is 18.2 Å². The summed E-state index contributed by atoms with van der Waals surface area (Å²) in [5.74, 6) is 0.830. The number of nitrogens with one attached hydrogen (secondary N) is 1. The normalized spacial score (nSPS) is 18.1. The summed E-state index contributed by atoms with van der Waals surface area (Å²) in [6.07, 6.45) is 2.13. The van der Waals surface area contributed by atoms with Gasteiger partial charge in [0.05, 0.1) is 19.1 Å². The highest BCUT2D eigenvalue weighted by molar-refractivity contribution is 7.89. The third kappa shape index (κ3) is 4.40. The van der Waals surface area contributed by atoms with Crippen LogP contribution in [0.3, 0.4) is 0 Å². The van der Waals surface area contributed by atoms with Gasteiger partial charge >= 0.3 is 6.03 Å². The summed E-state index contributed by atoms with van der Waals surface area (Å²) in [7, 11) is -0.722. The highest BCUT2D eigenvalue weighted by atomic mass is 32.2. The minimum Gasteiger partial charge on any atom is -0.493 e. The van der Waals surface area contributed by atoms with Gasteiger partial charge in [-0.25, -0.2) is 13.2 Å². The molecule has 2 aromatic carbocycles. The molecule has 0 bridgehead atoms. The second-order valence-electron chi connectivity index (χ2n) is 8.21. The van der Waals surface area contributed by atoms with E-state index in [-0.39, 0.29) is 29.4 Å². The van der Waals surface area contributed by atoms with Crippen molar-refractivity contribution >= 4 is 16.1 Å². The van der Waals surface area contributed by atoms with Crippen LogP contribution in [-0.4, -0.2) is 70.6 Å². The minimum absolute atomic E-state index is 0.0372. The van der Waals surface area contributed by atoms with Gasteiger partial charge in [-0.2, -0.15) is 4.31 Å². The van der Waals surface area contributed by atoms with Gasteiger partial charge in [-0.1, -0.05) is 30.3 Å². The van der Waals surface area contributed by atoms with Crippen molar-refractivity contribution in [2.75, 3.05) is 46.9 Å². The number of sulfonamides is 1. The zero-order chi connectivity index (χ0) is 22.8. The Balaban J connectivity index is 1.34. The molecule has 9 heteroatoms. The van der Waals surface area contributed by atoms with E-state index in [0.29, 0.717) is 31.1 Å². The number of nitrogens with zero attached hydrogens (tertiary/aromatic N) is 2. The summed E-state index contributed by atoms with van der Waals surface area (Å²) in [5, 5.41) is 3.06. The first-order chi connectivity index (χ1) is 15.4. The maximum absolute atomic E-state index is 13.1. The second kappa shape index (κ2) is 8.99.